The van der Waals surface area contributed by atoms with Crippen molar-refractivity contribution in [1.82, 2.24) is 0 Å². The normalized spacial score (nSPS) is 14.1. The summed E-state index contributed by atoms with van der Waals surface area (Å²) in [6, 6.07) is 0. The molecule has 380 valence electrons. The molecule has 0 aromatic carbocycles. The van der Waals surface area contributed by atoms with E-state index < -0.39 is 32.5 Å². The molecule has 0 aliphatic rings. The van der Waals surface area contributed by atoms with Crippen LogP contribution in [0, 0.1) is 0 Å². The number of hydrogen-bond donors (Lipinski definition) is 0. The van der Waals surface area contributed by atoms with Crippen molar-refractivity contribution >= 4 is 19.8 Å². The Morgan fingerprint density at radius 2 is 0.864 bits per heavy atom. The number of unbranched alkanes of at least 4 members (excludes halogenated alkanes) is 19. The Kier molecular flexibility index (Phi) is 45.3. The van der Waals surface area contributed by atoms with E-state index in [1.165, 1.54) is 70.6 Å². The Morgan fingerprint density at radius 3 is 1.30 bits per heavy atom. The molecular weight excluding hydrogens is 846 g/mol. The van der Waals surface area contributed by atoms with Crippen molar-refractivity contribution in [2.75, 3.05) is 47.5 Å². The maximum Gasteiger partial charge on any atom is 0.306 e. The van der Waals surface area contributed by atoms with Crippen molar-refractivity contribution in [2.45, 2.75) is 213 Å². The highest BCUT2D eigenvalue weighted by molar-refractivity contribution is 7.45. The zero-order valence-corrected chi connectivity index (χ0v) is 43.8. The molecule has 0 saturated heterocycles. The van der Waals surface area contributed by atoms with E-state index in [4.69, 9.17) is 18.5 Å². The molecule has 0 bridgehead atoms. The molecule has 0 spiro atoms. The Balaban J connectivity index is 4.26. The fourth-order valence-electron chi connectivity index (χ4n) is 6.83. The molecule has 0 aliphatic heterocycles. The first-order chi connectivity index (χ1) is 32.0. The van der Waals surface area contributed by atoms with Crippen LogP contribution in [0.25, 0.3) is 0 Å². The van der Waals surface area contributed by atoms with Gasteiger partial charge in [0.2, 0.25) is 0 Å². The topological polar surface area (TPSA) is 111 Å². The van der Waals surface area contributed by atoms with Gasteiger partial charge in [-0.25, -0.2) is 0 Å². The lowest BCUT2D eigenvalue weighted by molar-refractivity contribution is -0.870. The van der Waals surface area contributed by atoms with Crippen molar-refractivity contribution < 1.29 is 42.1 Å². The second kappa shape index (κ2) is 47.3. The summed E-state index contributed by atoms with van der Waals surface area (Å²) in [5, 5.41) is 0. The summed E-state index contributed by atoms with van der Waals surface area (Å²) in [6.07, 6.45) is 61.8. The molecule has 0 fully saturated rings. The van der Waals surface area contributed by atoms with E-state index in [2.05, 4.69) is 98.9 Å². The van der Waals surface area contributed by atoms with Crippen LogP contribution in [0.4, 0.5) is 0 Å². The second-order valence-corrected chi connectivity index (χ2v) is 19.9. The maximum atomic E-state index is 12.8. The number of carbonyl (C=O) groups excluding carboxylic acids is 2. The average molecular weight is 944 g/mol. The Bertz CT molecular complexity index is 1390. The van der Waals surface area contributed by atoms with Crippen molar-refractivity contribution in [2.24, 2.45) is 0 Å². The number of likely N-dealkylation sites (N-methyl/N-ethyl adjacent to an activating group) is 1. The molecule has 66 heavy (non-hydrogen) atoms. The molecule has 0 aromatic heterocycles. The van der Waals surface area contributed by atoms with E-state index in [0.29, 0.717) is 23.9 Å². The highest BCUT2D eigenvalue weighted by Gasteiger charge is 2.21. The van der Waals surface area contributed by atoms with Crippen LogP contribution in [-0.2, 0) is 32.7 Å². The van der Waals surface area contributed by atoms with Crippen molar-refractivity contribution in [3.05, 3.63) is 85.1 Å². The van der Waals surface area contributed by atoms with E-state index in [1.54, 1.807) is 0 Å². The number of nitrogens with zero attached hydrogens (tertiary/aromatic N) is 1. The number of ether oxygens (including phenoxy) is 2. The molecule has 0 radical (unpaired) electrons. The Hall–Kier alpha value is -2.81. The van der Waals surface area contributed by atoms with Crippen LogP contribution in [0.3, 0.4) is 0 Å². The first-order valence-electron chi connectivity index (χ1n) is 26.3. The standard InChI is InChI=1S/C56H98NO8P/c1-6-8-10-12-14-16-18-20-22-23-24-25-26-27-28-29-30-31-32-33-35-37-39-41-43-45-47-49-56(59)65-54(53-64-66(60,61)63-51-50-57(3,4)5)52-62-55(58)48-46-44-42-40-38-36-34-21-19-17-15-13-11-9-7-2/h8,10,14,16,20-22,24-25,27-28,30-31,34,54H,6-7,9,11-13,15,17-19,23,26,29,32-33,35-53H2,1-5H3/b10-8-,16-14-,22-20-,25-24-,28-27-,31-30-,34-21-. The van der Waals surface area contributed by atoms with Crippen LogP contribution in [0.15, 0.2) is 85.1 Å². The number of carbonyl (C=O) groups is 2. The van der Waals surface area contributed by atoms with Crippen LogP contribution in [0.1, 0.15) is 206 Å². The number of allylic oxidation sites excluding steroid dienone is 14. The van der Waals surface area contributed by atoms with Gasteiger partial charge in [0.25, 0.3) is 7.82 Å². The van der Waals surface area contributed by atoms with Gasteiger partial charge in [-0.1, -0.05) is 189 Å². The zero-order valence-electron chi connectivity index (χ0n) is 42.9. The zero-order chi connectivity index (χ0) is 48.5. The molecule has 0 amide bonds. The minimum absolute atomic E-state index is 0.0377. The van der Waals surface area contributed by atoms with Crippen LogP contribution in [0.5, 0.6) is 0 Å². The SMILES string of the molecule is CC/C=C\C/C=C\C/C=C\C/C=C\C/C=C\C/C=C\CCCCCCCCCCC(=O)OC(COC(=O)CCCCCCC/C=C\CCCCCCCC)COP(=O)([O-])OCC[N+](C)(C)C. The molecule has 2 unspecified atom stereocenters. The van der Waals surface area contributed by atoms with Crippen molar-refractivity contribution in [1.29, 1.82) is 0 Å². The van der Waals surface area contributed by atoms with Gasteiger partial charge in [-0.05, 0) is 89.9 Å². The molecule has 0 rings (SSSR count). The number of phosphoric ester groups is 1. The molecule has 9 nitrogen and oxygen atoms in total. The second-order valence-electron chi connectivity index (χ2n) is 18.5. The number of hydrogen-bond acceptors (Lipinski definition) is 8. The van der Waals surface area contributed by atoms with E-state index in [-0.39, 0.29) is 26.1 Å². The molecule has 10 heteroatoms. The summed E-state index contributed by atoms with van der Waals surface area (Å²) in [4.78, 5) is 37.7. The molecule has 0 saturated carbocycles. The van der Waals surface area contributed by atoms with E-state index in [1.807, 2.05) is 21.1 Å². The van der Waals surface area contributed by atoms with Gasteiger partial charge in [-0.15, -0.1) is 0 Å². The summed E-state index contributed by atoms with van der Waals surface area (Å²) in [7, 11) is 1.15. The van der Waals surface area contributed by atoms with Gasteiger partial charge in [0, 0.05) is 12.8 Å². The average Bonchev–Trinajstić information content (AvgIpc) is 3.27. The predicted molar refractivity (Wildman–Crippen MR) is 277 cm³/mol. The lowest BCUT2D eigenvalue weighted by Crippen LogP contribution is -2.37. The van der Waals surface area contributed by atoms with E-state index >= 15 is 0 Å². The van der Waals surface area contributed by atoms with Crippen LogP contribution >= 0.6 is 7.82 Å². The van der Waals surface area contributed by atoms with Crippen molar-refractivity contribution in [3.8, 4) is 0 Å². The molecule has 0 aromatic rings. The maximum absolute atomic E-state index is 12.8. The number of rotatable bonds is 47. The quantitative estimate of drug-likeness (QED) is 0.0195. The van der Waals surface area contributed by atoms with Crippen LogP contribution in [-0.4, -0.2) is 70.0 Å². The fourth-order valence-corrected chi connectivity index (χ4v) is 7.56. The molecular formula is C56H98NO8P. The number of quaternary nitrogens is 1. The van der Waals surface area contributed by atoms with E-state index in [9.17, 15) is 19.0 Å². The van der Waals surface area contributed by atoms with Gasteiger partial charge in [0.1, 0.15) is 19.8 Å². The number of phosphoric acid groups is 1. The van der Waals surface area contributed by atoms with Crippen molar-refractivity contribution in [3.63, 3.8) is 0 Å². The van der Waals surface area contributed by atoms with Gasteiger partial charge in [0.15, 0.2) is 6.10 Å². The monoisotopic (exact) mass is 944 g/mol. The van der Waals surface area contributed by atoms with Crippen LogP contribution < -0.4 is 4.89 Å². The summed E-state index contributed by atoms with van der Waals surface area (Å²) < 4.78 is 34.0. The minimum atomic E-state index is -4.64. The van der Waals surface area contributed by atoms with Gasteiger partial charge in [-0.3, -0.25) is 14.2 Å². The summed E-state index contributed by atoms with van der Waals surface area (Å²) in [5.74, 6) is -0.857. The fraction of sp³-hybridized carbons (Fsp3) is 0.714. The molecule has 0 heterocycles. The molecule has 2 atom stereocenters. The van der Waals surface area contributed by atoms with E-state index in [0.717, 1.165) is 96.3 Å². The van der Waals surface area contributed by atoms with Gasteiger partial charge >= 0.3 is 11.9 Å². The highest BCUT2D eigenvalue weighted by Crippen LogP contribution is 2.38. The Labute approximate surface area is 405 Å². The first kappa shape index (κ1) is 63.2. The summed E-state index contributed by atoms with van der Waals surface area (Å²) in [5.41, 5.74) is 0. The smallest absolute Gasteiger partial charge is 0.306 e. The Morgan fingerprint density at radius 1 is 0.485 bits per heavy atom. The predicted octanol–water partition coefficient (Wildman–Crippen LogP) is 15.3. The van der Waals surface area contributed by atoms with Crippen LogP contribution in [0.2, 0.25) is 0 Å². The van der Waals surface area contributed by atoms with Gasteiger partial charge in [-0.2, -0.15) is 0 Å². The first-order valence-corrected chi connectivity index (χ1v) is 27.8. The van der Waals surface area contributed by atoms with Gasteiger partial charge < -0.3 is 27.9 Å². The highest BCUT2D eigenvalue weighted by atomic mass is 31.2. The van der Waals surface area contributed by atoms with Gasteiger partial charge in [0.05, 0.1) is 27.7 Å². The lowest BCUT2D eigenvalue weighted by Gasteiger charge is -2.28. The summed E-state index contributed by atoms with van der Waals surface area (Å²) in [6.45, 7) is 4.09. The third-order valence-corrected chi connectivity index (χ3v) is 11.9. The minimum Gasteiger partial charge on any atom is -0.756 e. The third kappa shape index (κ3) is 50.6. The largest absolute Gasteiger partial charge is 0.756 e. The molecule has 0 N–H and O–H groups in total. The number of esters is 2. The molecule has 0 aliphatic carbocycles. The lowest BCUT2D eigenvalue weighted by atomic mass is 10.1. The third-order valence-electron chi connectivity index (χ3n) is 10.9. The summed E-state index contributed by atoms with van der Waals surface area (Å²) >= 11 is 0.